The van der Waals surface area contributed by atoms with Gasteiger partial charge in [-0.1, -0.05) is 0 Å². The van der Waals surface area contributed by atoms with Crippen LogP contribution < -0.4 is 0 Å². The second-order valence-electron chi connectivity index (χ2n) is 20.0. The molecule has 0 radical (unpaired) electrons. The van der Waals surface area contributed by atoms with Crippen molar-refractivity contribution in [2.75, 3.05) is 0 Å². The van der Waals surface area contributed by atoms with Gasteiger partial charge >= 0.3 is 273 Å². The summed E-state index contributed by atoms with van der Waals surface area (Å²) in [4.78, 5) is 0. The average molecular weight is 716 g/mol. The van der Waals surface area contributed by atoms with Crippen molar-refractivity contribution in [1.82, 2.24) is 0 Å². The van der Waals surface area contributed by atoms with Crippen molar-refractivity contribution in [3.8, 4) is 0 Å². The summed E-state index contributed by atoms with van der Waals surface area (Å²) in [6.07, 6.45) is 22.7. The van der Waals surface area contributed by atoms with Gasteiger partial charge in [0.2, 0.25) is 0 Å². The fraction of sp³-hybridized carbons (Fsp3) is 0.600. The fourth-order valence-electron chi connectivity index (χ4n) is 9.59. The Morgan fingerprint density at radius 2 is 0.581 bits per heavy atom. The molecule has 0 nitrogen and oxygen atoms in total. The van der Waals surface area contributed by atoms with E-state index < -0.39 is 34.5 Å². The molecule has 6 aliphatic rings. The van der Waals surface area contributed by atoms with Crippen molar-refractivity contribution in [3.05, 3.63) is 91.7 Å². The zero-order chi connectivity index (χ0) is 32.1. The van der Waals surface area contributed by atoms with E-state index in [1.165, 1.54) is 0 Å². The Morgan fingerprint density at radius 3 is 0.744 bits per heavy atom. The van der Waals surface area contributed by atoms with Crippen LogP contribution >= 0.6 is 0 Å². The molecule has 1 spiro atoms. The Kier molecular flexibility index (Phi) is 6.83. The molecule has 2 heterocycles. The number of fused-ring (bicyclic) bond motifs is 8. The van der Waals surface area contributed by atoms with Gasteiger partial charge in [-0.15, -0.1) is 0 Å². The molecule has 43 heavy (non-hydrogen) atoms. The molecule has 2 aliphatic heterocycles. The minimum absolute atomic E-state index is 0.183. The monoisotopic (exact) mass is 716 g/mol. The van der Waals surface area contributed by atoms with Crippen LogP contribution in [0.2, 0.25) is 41.9 Å². The summed E-state index contributed by atoms with van der Waals surface area (Å²) in [6, 6.07) is 0. The fourth-order valence-corrected chi connectivity index (χ4v) is 53.9. The summed E-state index contributed by atoms with van der Waals surface area (Å²) in [7, 11) is -3.66. The van der Waals surface area contributed by atoms with Crippen molar-refractivity contribution in [1.29, 1.82) is 0 Å². The van der Waals surface area contributed by atoms with Gasteiger partial charge in [0.1, 0.15) is 0 Å². The van der Waals surface area contributed by atoms with Gasteiger partial charge in [-0.25, -0.2) is 0 Å². The molecular formula is C40H60Si2Sn. The number of rotatable bonds is 0. The molecule has 0 aromatic heterocycles. The third-order valence-corrected chi connectivity index (χ3v) is 41.1. The maximum atomic E-state index is 2.90. The summed E-state index contributed by atoms with van der Waals surface area (Å²) in [6.45, 7) is 40.3. The van der Waals surface area contributed by atoms with Crippen LogP contribution in [0.25, 0.3) is 0 Å². The Balaban J connectivity index is 1.75. The molecule has 2 saturated heterocycles. The first kappa shape index (κ1) is 32.1. The first-order chi connectivity index (χ1) is 19.3. The van der Waals surface area contributed by atoms with Crippen LogP contribution in [-0.4, -0.2) is 34.5 Å². The first-order valence-electron chi connectivity index (χ1n) is 17.1. The molecule has 232 valence electrons. The van der Waals surface area contributed by atoms with Crippen LogP contribution in [0.1, 0.15) is 83.1 Å². The quantitative estimate of drug-likeness (QED) is 0.219. The van der Waals surface area contributed by atoms with Gasteiger partial charge in [0.25, 0.3) is 0 Å². The van der Waals surface area contributed by atoms with Crippen molar-refractivity contribution in [3.63, 3.8) is 0 Å². The van der Waals surface area contributed by atoms with Crippen molar-refractivity contribution < 1.29 is 0 Å². The zero-order valence-corrected chi connectivity index (χ0v) is 35.3. The van der Waals surface area contributed by atoms with Crippen LogP contribution in [0.3, 0.4) is 0 Å². The predicted molar refractivity (Wildman–Crippen MR) is 198 cm³/mol. The van der Waals surface area contributed by atoms with Crippen LogP contribution in [0, 0.1) is 21.7 Å². The molecule has 6 rings (SSSR count). The third-order valence-electron chi connectivity index (χ3n) is 12.5. The molecule has 4 unspecified atom stereocenters. The Bertz CT molecular complexity index is 1310. The van der Waals surface area contributed by atoms with Gasteiger partial charge in [-0.2, -0.15) is 0 Å². The van der Waals surface area contributed by atoms with Crippen molar-refractivity contribution >= 4 is 34.5 Å². The zero-order valence-electron chi connectivity index (χ0n) is 30.4. The van der Waals surface area contributed by atoms with Gasteiger partial charge in [0, 0.05) is 0 Å². The van der Waals surface area contributed by atoms with E-state index >= 15 is 0 Å². The van der Waals surface area contributed by atoms with Gasteiger partial charge in [0.05, 0.1) is 0 Å². The van der Waals surface area contributed by atoms with Gasteiger partial charge in [-0.05, 0) is 0 Å². The first-order valence-corrected chi connectivity index (χ1v) is 29.7. The van der Waals surface area contributed by atoms with E-state index in [1.807, 2.05) is 20.8 Å². The summed E-state index contributed by atoms with van der Waals surface area (Å²) < 4.78 is 2.73. The Morgan fingerprint density at radius 1 is 0.395 bits per heavy atom. The van der Waals surface area contributed by atoms with Gasteiger partial charge < -0.3 is 0 Å². The molecule has 0 aromatic rings. The van der Waals surface area contributed by atoms with Crippen molar-refractivity contribution in [2.45, 2.75) is 125 Å². The molecular weight excluding hydrogens is 655 g/mol. The Hall–Kier alpha value is -0.848. The van der Waals surface area contributed by atoms with E-state index in [0.717, 1.165) is 0 Å². The minimum atomic E-state index is -3.44. The summed E-state index contributed by atoms with van der Waals surface area (Å²) in [5.74, 6) is 0. The number of allylic oxidation sites excluding steroid dienone is 16. The summed E-state index contributed by atoms with van der Waals surface area (Å²) >= 11 is -3.44. The van der Waals surface area contributed by atoms with Crippen LogP contribution in [-0.2, 0) is 0 Å². The number of hydrogen-bond acceptors (Lipinski definition) is 0. The van der Waals surface area contributed by atoms with E-state index in [2.05, 4.69) is 158 Å². The van der Waals surface area contributed by atoms with Crippen LogP contribution in [0.15, 0.2) is 91.7 Å². The van der Waals surface area contributed by atoms with Gasteiger partial charge in [-0.3, -0.25) is 0 Å². The molecule has 0 aromatic carbocycles. The summed E-state index contributed by atoms with van der Waals surface area (Å²) in [5, 5.41) is 7.59. The van der Waals surface area contributed by atoms with Crippen molar-refractivity contribution in [2.24, 2.45) is 21.7 Å². The van der Waals surface area contributed by atoms with E-state index in [0.29, 0.717) is 15.7 Å². The summed E-state index contributed by atoms with van der Waals surface area (Å²) in [5.41, 5.74) is 7.23. The number of hydrogen-bond donors (Lipinski definition) is 0. The van der Waals surface area contributed by atoms with E-state index in [1.54, 1.807) is 22.3 Å². The van der Waals surface area contributed by atoms with Crippen LogP contribution in [0.4, 0.5) is 0 Å². The molecule has 2 fully saturated rings. The van der Waals surface area contributed by atoms with Crippen LogP contribution in [0.5, 0.6) is 0 Å². The predicted octanol–water partition coefficient (Wildman–Crippen LogP) is 12.2. The molecule has 3 heteroatoms. The molecule has 4 atom stereocenters. The Labute approximate surface area is 271 Å². The molecule has 4 aliphatic carbocycles. The molecule has 0 saturated carbocycles. The SMILES string of the molecule is CC(C)(C)C1=C[CH]2C(=C1)[Si](C)(C)C1=CC(C(C)(C)C)=C[CH]1[Sn]21[CH]2C=C(C(C)(C)C)C=C2[Si](C)(C)C2=CC(C(C)(C)C)=C[CH]21. The van der Waals surface area contributed by atoms with E-state index in [4.69, 9.17) is 0 Å². The van der Waals surface area contributed by atoms with Gasteiger partial charge in [0.15, 0.2) is 0 Å². The topological polar surface area (TPSA) is 0 Å². The average Bonchev–Trinajstić information content (AvgIpc) is 3.61. The standard InChI is InChI=1S/2C20H30Si.Sn/c2*1-19(2,3)15-9-11-17(13-15)21(7,8)18-12-10-16(14-18)20(4,5)6;/h2*9-14H,1-8H3;. The second kappa shape index (κ2) is 9.15. The van der Waals surface area contributed by atoms with E-state index in [-0.39, 0.29) is 21.7 Å². The second-order valence-corrected chi connectivity index (χ2v) is 41.7. The molecule has 0 N–H and O–H groups in total. The van der Waals surface area contributed by atoms with E-state index in [9.17, 15) is 0 Å². The molecule has 0 amide bonds. The maximum absolute atomic E-state index is 3.44. The molecule has 0 bridgehead atoms. The third kappa shape index (κ3) is 4.44. The normalized spacial score (nSPS) is 34.2.